The SMILES string of the molecule is CCCCn1nnnc1CN(CCC)C1CCNC1. The first-order chi connectivity index (χ1) is 9.35. The average molecular weight is 266 g/mol. The van der Waals surface area contributed by atoms with Crippen molar-refractivity contribution in [3.05, 3.63) is 5.82 Å². The van der Waals surface area contributed by atoms with Crippen LogP contribution in [0.2, 0.25) is 0 Å². The zero-order valence-corrected chi connectivity index (χ0v) is 12.2. The summed E-state index contributed by atoms with van der Waals surface area (Å²) in [6.45, 7) is 9.57. The number of nitrogens with zero attached hydrogens (tertiary/aromatic N) is 5. The average Bonchev–Trinajstić information content (AvgIpc) is 3.07. The first kappa shape index (κ1) is 14.4. The summed E-state index contributed by atoms with van der Waals surface area (Å²) in [6, 6.07) is 0.635. The highest BCUT2D eigenvalue weighted by atomic mass is 15.5. The largest absolute Gasteiger partial charge is 0.315 e. The van der Waals surface area contributed by atoms with E-state index in [0.29, 0.717) is 6.04 Å². The van der Waals surface area contributed by atoms with Gasteiger partial charge in [-0.05, 0) is 42.8 Å². The standard InChI is InChI=1S/C13H26N6/c1-3-5-9-19-13(15-16-17-19)11-18(8-4-2)12-6-7-14-10-12/h12,14H,3-11H2,1-2H3. The van der Waals surface area contributed by atoms with E-state index >= 15 is 0 Å². The summed E-state index contributed by atoms with van der Waals surface area (Å²) in [6.07, 6.45) is 4.71. The molecule has 0 saturated carbocycles. The van der Waals surface area contributed by atoms with Crippen molar-refractivity contribution >= 4 is 0 Å². The number of aromatic nitrogens is 4. The monoisotopic (exact) mass is 266 g/mol. The molecule has 1 aliphatic heterocycles. The first-order valence-corrected chi connectivity index (χ1v) is 7.55. The second-order valence-electron chi connectivity index (χ2n) is 5.29. The summed E-state index contributed by atoms with van der Waals surface area (Å²) in [5, 5.41) is 15.6. The molecular formula is C13H26N6. The van der Waals surface area contributed by atoms with Gasteiger partial charge in [0, 0.05) is 19.1 Å². The Hall–Kier alpha value is -1.01. The molecular weight excluding hydrogens is 240 g/mol. The third kappa shape index (κ3) is 3.98. The van der Waals surface area contributed by atoms with Crippen molar-refractivity contribution in [2.24, 2.45) is 0 Å². The van der Waals surface area contributed by atoms with Crippen LogP contribution in [-0.2, 0) is 13.1 Å². The lowest BCUT2D eigenvalue weighted by atomic mass is 10.2. The Balaban J connectivity index is 1.97. The van der Waals surface area contributed by atoms with Gasteiger partial charge in [0.25, 0.3) is 0 Å². The van der Waals surface area contributed by atoms with Crippen molar-refractivity contribution in [3.8, 4) is 0 Å². The lowest BCUT2D eigenvalue weighted by molar-refractivity contribution is 0.191. The minimum absolute atomic E-state index is 0.635. The normalized spacial score (nSPS) is 19.4. The number of aryl methyl sites for hydroxylation is 1. The number of tetrazole rings is 1. The van der Waals surface area contributed by atoms with E-state index < -0.39 is 0 Å². The molecule has 19 heavy (non-hydrogen) atoms. The molecule has 0 aromatic carbocycles. The minimum atomic E-state index is 0.635. The zero-order valence-electron chi connectivity index (χ0n) is 12.2. The lowest BCUT2D eigenvalue weighted by Crippen LogP contribution is -2.37. The van der Waals surface area contributed by atoms with Crippen LogP contribution in [0.25, 0.3) is 0 Å². The maximum absolute atomic E-state index is 4.20. The van der Waals surface area contributed by atoms with Gasteiger partial charge in [0.2, 0.25) is 0 Å². The van der Waals surface area contributed by atoms with Crippen molar-refractivity contribution in [1.82, 2.24) is 30.4 Å². The number of hydrogen-bond acceptors (Lipinski definition) is 5. The van der Waals surface area contributed by atoms with Crippen LogP contribution in [0.5, 0.6) is 0 Å². The molecule has 2 heterocycles. The van der Waals surface area contributed by atoms with E-state index in [1.54, 1.807) is 0 Å². The predicted molar refractivity (Wildman–Crippen MR) is 74.7 cm³/mol. The van der Waals surface area contributed by atoms with Gasteiger partial charge in [0.05, 0.1) is 6.54 Å². The third-order valence-electron chi connectivity index (χ3n) is 3.74. The zero-order chi connectivity index (χ0) is 13.5. The maximum Gasteiger partial charge on any atom is 0.165 e. The van der Waals surface area contributed by atoms with Crippen LogP contribution in [-0.4, -0.2) is 50.8 Å². The Morgan fingerprint density at radius 3 is 2.95 bits per heavy atom. The van der Waals surface area contributed by atoms with Crippen molar-refractivity contribution in [2.45, 2.75) is 58.7 Å². The highest BCUT2D eigenvalue weighted by Crippen LogP contribution is 2.12. The summed E-state index contributed by atoms with van der Waals surface area (Å²) >= 11 is 0. The van der Waals surface area contributed by atoms with Gasteiger partial charge in [0.15, 0.2) is 5.82 Å². The van der Waals surface area contributed by atoms with Gasteiger partial charge in [-0.15, -0.1) is 5.10 Å². The van der Waals surface area contributed by atoms with E-state index in [9.17, 15) is 0 Å². The molecule has 6 nitrogen and oxygen atoms in total. The fraction of sp³-hybridized carbons (Fsp3) is 0.923. The van der Waals surface area contributed by atoms with Gasteiger partial charge in [-0.25, -0.2) is 4.68 Å². The second kappa shape index (κ2) is 7.55. The Kier molecular flexibility index (Phi) is 5.72. The molecule has 108 valence electrons. The van der Waals surface area contributed by atoms with Crippen molar-refractivity contribution in [2.75, 3.05) is 19.6 Å². The number of unbranched alkanes of at least 4 members (excludes halogenated alkanes) is 1. The van der Waals surface area contributed by atoms with Crippen LogP contribution in [0.1, 0.15) is 45.4 Å². The molecule has 0 spiro atoms. The first-order valence-electron chi connectivity index (χ1n) is 7.55. The van der Waals surface area contributed by atoms with Crippen LogP contribution >= 0.6 is 0 Å². The smallest absolute Gasteiger partial charge is 0.165 e. The fourth-order valence-electron chi connectivity index (χ4n) is 2.63. The molecule has 1 aliphatic rings. The van der Waals surface area contributed by atoms with Gasteiger partial charge in [0.1, 0.15) is 0 Å². The Bertz CT molecular complexity index is 358. The van der Waals surface area contributed by atoms with Crippen LogP contribution < -0.4 is 5.32 Å². The number of hydrogen-bond donors (Lipinski definition) is 1. The summed E-state index contributed by atoms with van der Waals surface area (Å²) in [7, 11) is 0. The van der Waals surface area contributed by atoms with Gasteiger partial charge >= 0.3 is 0 Å². The highest BCUT2D eigenvalue weighted by molar-refractivity contribution is 4.87. The summed E-state index contributed by atoms with van der Waals surface area (Å²) in [5.41, 5.74) is 0. The van der Waals surface area contributed by atoms with Gasteiger partial charge in [-0.2, -0.15) is 0 Å². The molecule has 1 aromatic rings. The molecule has 1 unspecified atom stereocenters. The molecule has 2 rings (SSSR count). The van der Waals surface area contributed by atoms with E-state index in [-0.39, 0.29) is 0 Å². The van der Waals surface area contributed by atoms with Crippen LogP contribution in [0.4, 0.5) is 0 Å². The van der Waals surface area contributed by atoms with E-state index in [0.717, 1.165) is 45.0 Å². The molecule has 1 fully saturated rings. The fourth-order valence-corrected chi connectivity index (χ4v) is 2.63. The number of rotatable bonds is 8. The van der Waals surface area contributed by atoms with E-state index in [2.05, 4.69) is 39.6 Å². The second-order valence-corrected chi connectivity index (χ2v) is 5.29. The van der Waals surface area contributed by atoms with E-state index in [1.807, 2.05) is 4.68 Å². The molecule has 0 bridgehead atoms. The van der Waals surface area contributed by atoms with Crippen molar-refractivity contribution in [1.29, 1.82) is 0 Å². The highest BCUT2D eigenvalue weighted by Gasteiger charge is 2.23. The summed E-state index contributed by atoms with van der Waals surface area (Å²) in [4.78, 5) is 2.52. The van der Waals surface area contributed by atoms with Crippen molar-refractivity contribution < 1.29 is 0 Å². The predicted octanol–water partition coefficient (Wildman–Crippen LogP) is 1.05. The number of nitrogens with one attached hydrogen (secondary N) is 1. The van der Waals surface area contributed by atoms with E-state index in [1.165, 1.54) is 19.3 Å². The van der Waals surface area contributed by atoms with Gasteiger partial charge in [-0.3, -0.25) is 4.90 Å². The van der Waals surface area contributed by atoms with E-state index in [4.69, 9.17) is 0 Å². The Labute approximate surface area is 115 Å². The third-order valence-corrected chi connectivity index (χ3v) is 3.74. The quantitative estimate of drug-likeness (QED) is 0.762. The lowest BCUT2D eigenvalue weighted by Gasteiger charge is -2.27. The van der Waals surface area contributed by atoms with Crippen LogP contribution in [0.15, 0.2) is 0 Å². The van der Waals surface area contributed by atoms with Gasteiger partial charge < -0.3 is 5.32 Å². The molecule has 1 aromatic heterocycles. The van der Waals surface area contributed by atoms with Crippen molar-refractivity contribution in [3.63, 3.8) is 0 Å². The molecule has 0 aliphatic carbocycles. The Morgan fingerprint density at radius 1 is 1.37 bits per heavy atom. The maximum atomic E-state index is 4.20. The molecule has 0 radical (unpaired) electrons. The molecule has 6 heteroatoms. The summed E-state index contributed by atoms with van der Waals surface area (Å²) in [5.74, 6) is 1.01. The molecule has 1 N–H and O–H groups in total. The minimum Gasteiger partial charge on any atom is -0.315 e. The van der Waals surface area contributed by atoms with Crippen LogP contribution in [0.3, 0.4) is 0 Å². The molecule has 1 saturated heterocycles. The topological polar surface area (TPSA) is 58.9 Å². The molecule has 1 atom stereocenters. The Morgan fingerprint density at radius 2 is 2.26 bits per heavy atom. The van der Waals surface area contributed by atoms with Gasteiger partial charge in [-0.1, -0.05) is 20.3 Å². The van der Waals surface area contributed by atoms with Crippen LogP contribution in [0, 0.1) is 0 Å². The summed E-state index contributed by atoms with van der Waals surface area (Å²) < 4.78 is 1.97. The molecule has 0 amide bonds.